The van der Waals surface area contributed by atoms with Crippen LogP contribution in [0.4, 0.5) is 0 Å². The molecule has 0 aliphatic heterocycles. The van der Waals surface area contributed by atoms with Gasteiger partial charge in [-0.1, -0.05) is 12.1 Å². The van der Waals surface area contributed by atoms with E-state index in [-0.39, 0.29) is 18.0 Å². The van der Waals surface area contributed by atoms with Crippen LogP contribution < -0.4 is 15.8 Å². The van der Waals surface area contributed by atoms with Crippen LogP contribution in [-0.4, -0.2) is 25.1 Å². The lowest BCUT2D eigenvalue weighted by molar-refractivity contribution is 0.0931. The van der Waals surface area contributed by atoms with E-state index in [2.05, 4.69) is 5.32 Å². The molecule has 0 radical (unpaired) electrons. The highest BCUT2D eigenvalue weighted by Crippen LogP contribution is 2.20. The van der Waals surface area contributed by atoms with Crippen molar-refractivity contribution in [2.75, 3.05) is 7.11 Å². The molecule has 1 amide bonds. The second-order valence-corrected chi connectivity index (χ2v) is 4.37. The molecular weight excluding hydrogens is 216 g/mol. The maximum Gasteiger partial charge on any atom is 0.255 e. The zero-order valence-electron chi connectivity index (χ0n) is 9.98. The van der Waals surface area contributed by atoms with Crippen LogP contribution in [0.3, 0.4) is 0 Å². The van der Waals surface area contributed by atoms with Gasteiger partial charge in [-0.05, 0) is 31.4 Å². The van der Waals surface area contributed by atoms with Crippen LogP contribution in [-0.2, 0) is 0 Å². The number of carbonyl (C=O) groups excluding carboxylic acids is 1. The highest BCUT2D eigenvalue weighted by molar-refractivity contribution is 5.97. The minimum atomic E-state index is -0.107. The zero-order valence-corrected chi connectivity index (χ0v) is 9.98. The Morgan fingerprint density at radius 3 is 2.82 bits per heavy atom. The summed E-state index contributed by atoms with van der Waals surface area (Å²) in [4.78, 5) is 12.1. The molecule has 1 aliphatic carbocycles. The van der Waals surface area contributed by atoms with Gasteiger partial charge in [0.15, 0.2) is 0 Å². The van der Waals surface area contributed by atoms with Crippen molar-refractivity contribution in [1.82, 2.24) is 5.32 Å². The summed E-state index contributed by atoms with van der Waals surface area (Å²) in [6, 6.07) is 7.38. The second-order valence-electron chi connectivity index (χ2n) is 4.37. The summed E-state index contributed by atoms with van der Waals surface area (Å²) in [6.07, 6.45) is 3.02. The predicted molar refractivity (Wildman–Crippen MR) is 66.1 cm³/mol. The highest BCUT2D eigenvalue weighted by Gasteiger charge is 2.26. The molecule has 0 bridgehead atoms. The maximum atomic E-state index is 12.1. The van der Waals surface area contributed by atoms with E-state index in [0.29, 0.717) is 11.3 Å². The molecule has 1 aromatic carbocycles. The Bertz CT molecular complexity index is 406. The normalized spacial score (nSPS) is 23.4. The molecule has 0 saturated heterocycles. The van der Waals surface area contributed by atoms with E-state index in [9.17, 15) is 4.79 Å². The molecule has 1 fully saturated rings. The van der Waals surface area contributed by atoms with Crippen molar-refractivity contribution < 1.29 is 9.53 Å². The average molecular weight is 234 g/mol. The number of amides is 1. The molecule has 0 aromatic heterocycles. The Kier molecular flexibility index (Phi) is 3.64. The van der Waals surface area contributed by atoms with E-state index in [1.807, 2.05) is 12.1 Å². The molecule has 3 N–H and O–H groups in total. The zero-order chi connectivity index (χ0) is 12.3. The van der Waals surface area contributed by atoms with Gasteiger partial charge in [-0.25, -0.2) is 0 Å². The number of rotatable bonds is 3. The molecule has 0 heterocycles. The van der Waals surface area contributed by atoms with Gasteiger partial charge >= 0.3 is 0 Å². The summed E-state index contributed by atoms with van der Waals surface area (Å²) in [5.74, 6) is 0.487. The second kappa shape index (κ2) is 5.19. The molecule has 1 aromatic rings. The van der Waals surface area contributed by atoms with E-state index in [0.717, 1.165) is 19.3 Å². The molecule has 4 heteroatoms. The minimum Gasteiger partial charge on any atom is -0.496 e. The number of benzene rings is 1. The van der Waals surface area contributed by atoms with Crippen LogP contribution in [0, 0.1) is 0 Å². The van der Waals surface area contributed by atoms with Crippen LogP contribution in [0.25, 0.3) is 0 Å². The number of carbonyl (C=O) groups is 1. The molecule has 0 spiro atoms. The van der Waals surface area contributed by atoms with E-state index < -0.39 is 0 Å². The van der Waals surface area contributed by atoms with Crippen LogP contribution in [0.1, 0.15) is 29.6 Å². The van der Waals surface area contributed by atoms with Gasteiger partial charge in [-0.2, -0.15) is 0 Å². The summed E-state index contributed by atoms with van der Waals surface area (Å²) in [7, 11) is 1.56. The van der Waals surface area contributed by atoms with E-state index in [4.69, 9.17) is 10.5 Å². The molecule has 17 heavy (non-hydrogen) atoms. The standard InChI is InChI=1S/C13H18N2O2/c1-17-12-8-3-2-5-9(12)13(16)15-11-7-4-6-10(11)14/h2-3,5,8,10-11H,4,6-7,14H2,1H3,(H,15,16). The lowest BCUT2D eigenvalue weighted by Crippen LogP contribution is -2.44. The third-order valence-electron chi connectivity index (χ3n) is 3.24. The van der Waals surface area contributed by atoms with Crippen molar-refractivity contribution in [2.45, 2.75) is 31.3 Å². The van der Waals surface area contributed by atoms with E-state index >= 15 is 0 Å². The van der Waals surface area contributed by atoms with Gasteiger partial charge in [0.25, 0.3) is 5.91 Å². The Morgan fingerprint density at radius 1 is 1.41 bits per heavy atom. The Balaban J connectivity index is 2.09. The number of hydrogen-bond acceptors (Lipinski definition) is 3. The van der Waals surface area contributed by atoms with Crippen LogP contribution in [0.2, 0.25) is 0 Å². The fourth-order valence-electron chi connectivity index (χ4n) is 2.25. The fourth-order valence-corrected chi connectivity index (χ4v) is 2.25. The first-order chi connectivity index (χ1) is 8.22. The van der Waals surface area contributed by atoms with Crippen molar-refractivity contribution in [3.05, 3.63) is 29.8 Å². The number of methoxy groups -OCH3 is 1. The van der Waals surface area contributed by atoms with Gasteiger partial charge in [0.05, 0.1) is 12.7 Å². The van der Waals surface area contributed by atoms with Crippen molar-refractivity contribution in [3.8, 4) is 5.75 Å². The average Bonchev–Trinajstić information content (AvgIpc) is 2.75. The summed E-state index contributed by atoms with van der Waals surface area (Å²) < 4.78 is 5.17. The number of nitrogens with two attached hydrogens (primary N) is 1. The number of nitrogens with one attached hydrogen (secondary N) is 1. The van der Waals surface area contributed by atoms with Gasteiger partial charge in [0.1, 0.15) is 5.75 Å². The van der Waals surface area contributed by atoms with E-state index in [1.54, 1.807) is 19.2 Å². The summed E-state index contributed by atoms with van der Waals surface area (Å²) in [5, 5.41) is 2.98. The third kappa shape index (κ3) is 2.58. The van der Waals surface area contributed by atoms with Gasteiger partial charge in [-0.3, -0.25) is 4.79 Å². The van der Waals surface area contributed by atoms with Crippen LogP contribution >= 0.6 is 0 Å². The first-order valence-electron chi connectivity index (χ1n) is 5.92. The lowest BCUT2D eigenvalue weighted by atomic mass is 10.1. The van der Waals surface area contributed by atoms with Crippen LogP contribution in [0.5, 0.6) is 5.75 Å². The topological polar surface area (TPSA) is 64.3 Å². The van der Waals surface area contributed by atoms with E-state index in [1.165, 1.54) is 0 Å². The first kappa shape index (κ1) is 11.9. The van der Waals surface area contributed by atoms with Crippen molar-refractivity contribution in [1.29, 1.82) is 0 Å². The third-order valence-corrected chi connectivity index (χ3v) is 3.24. The molecule has 1 aliphatic rings. The number of ether oxygens (including phenoxy) is 1. The monoisotopic (exact) mass is 234 g/mol. The largest absolute Gasteiger partial charge is 0.496 e. The fraction of sp³-hybridized carbons (Fsp3) is 0.462. The SMILES string of the molecule is COc1ccccc1C(=O)NC1CCCC1N. The Hall–Kier alpha value is -1.55. The molecule has 4 nitrogen and oxygen atoms in total. The summed E-state index contributed by atoms with van der Waals surface area (Å²) in [5.41, 5.74) is 6.49. The quantitative estimate of drug-likeness (QED) is 0.828. The predicted octanol–water partition coefficient (Wildman–Crippen LogP) is 1.30. The molecule has 1 saturated carbocycles. The first-order valence-corrected chi connectivity index (χ1v) is 5.92. The number of para-hydroxylation sites is 1. The molecule has 2 rings (SSSR count). The van der Waals surface area contributed by atoms with Gasteiger partial charge < -0.3 is 15.8 Å². The Labute approximate surface area is 101 Å². The summed E-state index contributed by atoms with van der Waals surface area (Å²) in [6.45, 7) is 0. The lowest BCUT2D eigenvalue weighted by Gasteiger charge is -2.18. The minimum absolute atomic E-state index is 0.0775. The van der Waals surface area contributed by atoms with Crippen molar-refractivity contribution >= 4 is 5.91 Å². The maximum absolute atomic E-state index is 12.1. The van der Waals surface area contributed by atoms with Gasteiger partial charge in [0, 0.05) is 12.1 Å². The molecule has 92 valence electrons. The van der Waals surface area contributed by atoms with Gasteiger partial charge in [-0.15, -0.1) is 0 Å². The van der Waals surface area contributed by atoms with Crippen molar-refractivity contribution in [2.24, 2.45) is 5.73 Å². The summed E-state index contributed by atoms with van der Waals surface area (Å²) >= 11 is 0. The smallest absolute Gasteiger partial charge is 0.255 e. The molecule has 2 atom stereocenters. The van der Waals surface area contributed by atoms with Crippen molar-refractivity contribution in [3.63, 3.8) is 0 Å². The highest BCUT2D eigenvalue weighted by atomic mass is 16.5. The van der Waals surface area contributed by atoms with Crippen LogP contribution in [0.15, 0.2) is 24.3 Å². The Morgan fingerprint density at radius 2 is 2.18 bits per heavy atom. The molecule has 2 unspecified atom stereocenters. The number of hydrogen-bond donors (Lipinski definition) is 2. The van der Waals surface area contributed by atoms with Gasteiger partial charge in [0.2, 0.25) is 0 Å². The molecular formula is C13H18N2O2.